The number of methoxy groups -OCH3 is 1. The fourth-order valence-corrected chi connectivity index (χ4v) is 2.87. The van der Waals surface area contributed by atoms with Gasteiger partial charge in [-0.15, -0.1) is 0 Å². The lowest BCUT2D eigenvalue weighted by Gasteiger charge is -2.14. The minimum absolute atomic E-state index is 0.0380. The van der Waals surface area contributed by atoms with Crippen LogP contribution in [0.1, 0.15) is 15.9 Å². The number of benzene rings is 3. The maximum absolute atomic E-state index is 13.6. The summed E-state index contributed by atoms with van der Waals surface area (Å²) >= 11 is 0. The number of nitrogens with one attached hydrogen (secondary N) is 1. The van der Waals surface area contributed by atoms with Crippen molar-refractivity contribution in [3.63, 3.8) is 0 Å². The fourth-order valence-electron chi connectivity index (χ4n) is 2.87. The van der Waals surface area contributed by atoms with Gasteiger partial charge in [0.15, 0.2) is 0 Å². The molecule has 0 radical (unpaired) electrons. The minimum Gasteiger partial charge on any atom is -0.465 e. The molecular formula is C22H16F3NO3. The molecule has 0 bridgehead atoms. The molecule has 0 saturated heterocycles. The van der Waals surface area contributed by atoms with Crippen LogP contribution in [0.4, 0.5) is 18.9 Å². The SMILES string of the molecule is COC(=O)c1ccccc1NC(=O)/C=C(\c1ccc2ccccc2c1)C(F)(F)F. The monoisotopic (exact) mass is 399 g/mol. The number of alkyl halides is 3. The number of fused-ring (bicyclic) bond motifs is 1. The van der Waals surface area contributed by atoms with E-state index in [-0.39, 0.29) is 16.8 Å². The summed E-state index contributed by atoms with van der Waals surface area (Å²) in [4.78, 5) is 24.1. The first kappa shape index (κ1) is 20.1. The lowest BCUT2D eigenvalue weighted by atomic mass is 10.0. The molecular weight excluding hydrogens is 383 g/mol. The van der Waals surface area contributed by atoms with E-state index >= 15 is 0 Å². The first-order valence-electron chi connectivity index (χ1n) is 8.56. The molecule has 3 aromatic rings. The fraction of sp³-hybridized carbons (Fsp3) is 0.0909. The Morgan fingerprint density at radius 3 is 2.28 bits per heavy atom. The Labute approximate surface area is 164 Å². The molecule has 148 valence electrons. The Morgan fingerprint density at radius 2 is 1.59 bits per heavy atom. The maximum Gasteiger partial charge on any atom is 0.417 e. The number of hydrogen-bond donors (Lipinski definition) is 1. The Morgan fingerprint density at radius 1 is 0.931 bits per heavy atom. The average Bonchev–Trinajstić information content (AvgIpc) is 2.70. The molecule has 0 aliphatic rings. The van der Waals surface area contributed by atoms with E-state index in [0.29, 0.717) is 11.5 Å². The molecule has 3 aromatic carbocycles. The lowest BCUT2D eigenvalue weighted by Crippen LogP contribution is -2.17. The quantitative estimate of drug-likeness (QED) is 0.484. The number of hydrogen-bond acceptors (Lipinski definition) is 3. The average molecular weight is 399 g/mol. The summed E-state index contributed by atoms with van der Waals surface area (Å²) in [5, 5.41) is 3.73. The largest absolute Gasteiger partial charge is 0.465 e. The van der Waals surface area contributed by atoms with Gasteiger partial charge in [0.2, 0.25) is 5.91 Å². The van der Waals surface area contributed by atoms with Gasteiger partial charge in [-0.1, -0.05) is 48.5 Å². The zero-order chi connectivity index (χ0) is 21.0. The highest BCUT2D eigenvalue weighted by atomic mass is 19.4. The molecule has 0 fully saturated rings. The number of allylic oxidation sites excluding steroid dienone is 1. The van der Waals surface area contributed by atoms with Gasteiger partial charge in [-0.05, 0) is 34.5 Å². The zero-order valence-corrected chi connectivity index (χ0v) is 15.3. The van der Waals surface area contributed by atoms with Crippen molar-refractivity contribution in [3.05, 3.63) is 83.9 Å². The Hall–Kier alpha value is -3.61. The molecule has 0 unspecified atom stereocenters. The Bertz CT molecular complexity index is 1100. The number of halogens is 3. The molecule has 1 N–H and O–H groups in total. The summed E-state index contributed by atoms with van der Waals surface area (Å²) in [6.07, 6.45) is -4.26. The Kier molecular flexibility index (Phi) is 5.68. The van der Waals surface area contributed by atoms with Gasteiger partial charge in [0.1, 0.15) is 0 Å². The van der Waals surface area contributed by atoms with E-state index in [4.69, 9.17) is 0 Å². The molecule has 0 heterocycles. The van der Waals surface area contributed by atoms with E-state index in [1.165, 1.54) is 31.4 Å². The summed E-state index contributed by atoms with van der Waals surface area (Å²) in [6.45, 7) is 0. The standard InChI is InChI=1S/C22H16F3NO3/c1-29-21(28)17-8-4-5-9-19(17)26-20(27)13-18(22(23,24)25)16-11-10-14-6-2-3-7-15(14)12-16/h2-13H,1H3,(H,26,27)/b18-13+. The van der Waals surface area contributed by atoms with Crippen LogP contribution in [0.2, 0.25) is 0 Å². The Balaban J connectivity index is 1.97. The lowest BCUT2D eigenvalue weighted by molar-refractivity contribution is -0.112. The number of ether oxygens (including phenoxy) is 1. The molecule has 3 rings (SSSR count). The van der Waals surface area contributed by atoms with E-state index in [1.54, 1.807) is 42.5 Å². The second-order valence-electron chi connectivity index (χ2n) is 6.14. The van der Waals surface area contributed by atoms with Crippen LogP contribution >= 0.6 is 0 Å². The van der Waals surface area contributed by atoms with Gasteiger partial charge in [-0.3, -0.25) is 4.79 Å². The van der Waals surface area contributed by atoms with E-state index in [9.17, 15) is 22.8 Å². The van der Waals surface area contributed by atoms with Gasteiger partial charge in [-0.2, -0.15) is 13.2 Å². The molecule has 0 aliphatic heterocycles. The molecule has 4 nitrogen and oxygen atoms in total. The summed E-state index contributed by atoms with van der Waals surface area (Å²) in [5.74, 6) is -1.72. The van der Waals surface area contributed by atoms with Crippen molar-refractivity contribution in [1.82, 2.24) is 0 Å². The summed E-state index contributed by atoms with van der Waals surface area (Å²) in [6, 6.07) is 17.1. The van der Waals surface area contributed by atoms with Gasteiger partial charge in [0.25, 0.3) is 0 Å². The number of carbonyl (C=O) groups excluding carboxylic acids is 2. The molecule has 0 aliphatic carbocycles. The third kappa shape index (κ3) is 4.63. The van der Waals surface area contributed by atoms with E-state index in [1.807, 2.05) is 0 Å². The van der Waals surface area contributed by atoms with Crippen LogP contribution in [0.3, 0.4) is 0 Å². The predicted octanol–water partition coefficient (Wildman–Crippen LogP) is 5.21. The highest BCUT2D eigenvalue weighted by Crippen LogP contribution is 2.35. The normalized spacial score (nSPS) is 11.9. The van der Waals surface area contributed by atoms with Gasteiger partial charge >= 0.3 is 12.1 Å². The third-order valence-corrected chi connectivity index (χ3v) is 4.23. The van der Waals surface area contributed by atoms with Crippen LogP contribution in [0, 0.1) is 0 Å². The highest BCUT2D eigenvalue weighted by Gasteiger charge is 2.35. The summed E-state index contributed by atoms with van der Waals surface area (Å²) in [5.41, 5.74) is -1.12. The zero-order valence-electron chi connectivity index (χ0n) is 15.3. The van der Waals surface area contributed by atoms with Crippen LogP contribution in [0.5, 0.6) is 0 Å². The first-order chi connectivity index (χ1) is 13.8. The van der Waals surface area contributed by atoms with Crippen LogP contribution in [-0.4, -0.2) is 25.2 Å². The van der Waals surface area contributed by atoms with Crippen LogP contribution in [0.15, 0.2) is 72.8 Å². The highest BCUT2D eigenvalue weighted by molar-refractivity contribution is 6.08. The van der Waals surface area contributed by atoms with Crippen molar-refractivity contribution >= 4 is 33.9 Å². The van der Waals surface area contributed by atoms with Crippen molar-refractivity contribution in [2.45, 2.75) is 6.18 Å². The van der Waals surface area contributed by atoms with Gasteiger partial charge in [0, 0.05) is 6.08 Å². The van der Waals surface area contributed by atoms with Crippen LogP contribution < -0.4 is 5.32 Å². The van der Waals surface area contributed by atoms with Crippen molar-refractivity contribution in [2.24, 2.45) is 0 Å². The molecule has 0 saturated carbocycles. The number of para-hydroxylation sites is 1. The molecule has 29 heavy (non-hydrogen) atoms. The second-order valence-corrected chi connectivity index (χ2v) is 6.14. The van der Waals surface area contributed by atoms with E-state index in [0.717, 1.165) is 5.39 Å². The predicted molar refractivity (Wildman–Crippen MR) is 104 cm³/mol. The molecule has 7 heteroatoms. The molecule has 1 amide bonds. The van der Waals surface area contributed by atoms with Crippen molar-refractivity contribution < 1.29 is 27.5 Å². The summed E-state index contributed by atoms with van der Waals surface area (Å²) in [7, 11) is 1.17. The van der Waals surface area contributed by atoms with Gasteiger partial charge < -0.3 is 10.1 Å². The number of amides is 1. The van der Waals surface area contributed by atoms with Crippen LogP contribution in [-0.2, 0) is 9.53 Å². The maximum atomic E-state index is 13.6. The van der Waals surface area contributed by atoms with E-state index in [2.05, 4.69) is 10.1 Å². The number of carbonyl (C=O) groups is 2. The van der Waals surface area contributed by atoms with Crippen molar-refractivity contribution in [3.8, 4) is 0 Å². The topological polar surface area (TPSA) is 55.4 Å². The van der Waals surface area contributed by atoms with Crippen LogP contribution in [0.25, 0.3) is 16.3 Å². The molecule has 0 aromatic heterocycles. The first-order valence-corrected chi connectivity index (χ1v) is 8.56. The smallest absolute Gasteiger partial charge is 0.417 e. The summed E-state index contributed by atoms with van der Waals surface area (Å²) < 4.78 is 45.6. The number of rotatable bonds is 4. The van der Waals surface area contributed by atoms with Crippen molar-refractivity contribution in [2.75, 3.05) is 12.4 Å². The minimum atomic E-state index is -4.75. The second kappa shape index (κ2) is 8.18. The molecule has 0 atom stereocenters. The number of esters is 1. The van der Waals surface area contributed by atoms with Crippen molar-refractivity contribution in [1.29, 1.82) is 0 Å². The van der Waals surface area contributed by atoms with Gasteiger partial charge in [0.05, 0.1) is 23.9 Å². The van der Waals surface area contributed by atoms with E-state index < -0.39 is 23.6 Å². The van der Waals surface area contributed by atoms with Gasteiger partial charge in [-0.25, -0.2) is 4.79 Å². The third-order valence-electron chi connectivity index (χ3n) is 4.23. The number of anilines is 1. The molecule has 0 spiro atoms.